The van der Waals surface area contributed by atoms with Gasteiger partial charge in [-0.25, -0.2) is 0 Å². The number of nitrogens with zero attached hydrogens (tertiary/aromatic N) is 2. The summed E-state index contributed by atoms with van der Waals surface area (Å²) in [6, 6.07) is 0.531. The fourth-order valence-corrected chi connectivity index (χ4v) is 3.29. The van der Waals surface area contributed by atoms with Gasteiger partial charge in [0, 0.05) is 24.9 Å². The van der Waals surface area contributed by atoms with Crippen molar-refractivity contribution in [2.45, 2.75) is 64.1 Å². The molecule has 0 amide bonds. The van der Waals surface area contributed by atoms with Gasteiger partial charge in [-0.15, -0.1) is 0 Å². The third kappa shape index (κ3) is 2.56. The summed E-state index contributed by atoms with van der Waals surface area (Å²) in [4.78, 5) is 0. The molecule has 1 saturated heterocycles. The maximum Gasteiger partial charge on any atom is 0.0703 e. The van der Waals surface area contributed by atoms with E-state index in [1.54, 1.807) is 0 Å². The van der Waals surface area contributed by atoms with E-state index in [0.29, 0.717) is 6.04 Å². The summed E-state index contributed by atoms with van der Waals surface area (Å²) in [6.45, 7) is 7.08. The molecule has 1 spiro atoms. The van der Waals surface area contributed by atoms with Crippen molar-refractivity contribution < 1.29 is 4.74 Å². The van der Waals surface area contributed by atoms with Gasteiger partial charge in [-0.2, -0.15) is 5.10 Å². The molecule has 1 aliphatic carbocycles. The topological polar surface area (TPSA) is 39.1 Å². The van der Waals surface area contributed by atoms with Crippen LogP contribution in [0.1, 0.15) is 56.3 Å². The third-order valence-corrected chi connectivity index (χ3v) is 4.69. The molecule has 1 saturated carbocycles. The van der Waals surface area contributed by atoms with Crippen LogP contribution in [-0.2, 0) is 11.3 Å². The van der Waals surface area contributed by atoms with Crippen LogP contribution >= 0.6 is 0 Å². The first kappa shape index (κ1) is 13.1. The quantitative estimate of drug-likeness (QED) is 0.907. The Morgan fingerprint density at radius 1 is 1.53 bits per heavy atom. The number of aryl methyl sites for hydroxylation is 1. The Labute approximate surface area is 115 Å². The molecule has 0 radical (unpaired) electrons. The SMILES string of the molecule is CCNCc1cn(C2CCOC3(CCC3)C2)nc1C. The average molecular weight is 263 g/mol. The lowest BCUT2D eigenvalue weighted by atomic mass is 9.74. The van der Waals surface area contributed by atoms with E-state index in [4.69, 9.17) is 9.84 Å². The Balaban J connectivity index is 1.71. The summed E-state index contributed by atoms with van der Waals surface area (Å²) >= 11 is 0. The van der Waals surface area contributed by atoms with Gasteiger partial charge >= 0.3 is 0 Å². The number of nitrogens with one attached hydrogen (secondary N) is 1. The predicted molar refractivity (Wildman–Crippen MR) is 75.1 cm³/mol. The minimum absolute atomic E-state index is 0.199. The molecular formula is C15H25N3O. The van der Waals surface area contributed by atoms with Crippen LogP contribution in [0.15, 0.2) is 6.20 Å². The average Bonchev–Trinajstić information content (AvgIpc) is 2.76. The molecular weight excluding hydrogens is 238 g/mol. The van der Waals surface area contributed by atoms with Crippen molar-refractivity contribution >= 4 is 0 Å². The van der Waals surface area contributed by atoms with E-state index in [-0.39, 0.29) is 5.60 Å². The molecule has 4 nitrogen and oxygen atoms in total. The number of ether oxygens (including phenoxy) is 1. The van der Waals surface area contributed by atoms with E-state index in [9.17, 15) is 0 Å². The second-order valence-corrected chi connectivity index (χ2v) is 6.03. The number of rotatable bonds is 4. The molecule has 1 aromatic heterocycles. The highest BCUT2D eigenvalue weighted by Gasteiger charge is 2.43. The lowest BCUT2D eigenvalue weighted by Gasteiger charge is -2.47. The summed E-state index contributed by atoms with van der Waals surface area (Å²) in [5.74, 6) is 0. The smallest absolute Gasteiger partial charge is 0.0703 e. The lowest BCUT2D eigenvalue weighted by molar-refractivity contribution is -0.141. The van der Waals surface area contributed by atoms with Crippen LogP contribution in [0, 0.1) is 6.92 Å². The van der Waals surface area contributed by atoms with Crippen LogP contribution in [0.2, 0.25) is 0 Å². The van der Waals surface area contributed by atoms with Crippen molar-refractivity contribution in [3.05, 3.63) is 17.5 Å². The Kier molecular flexibility index (Phi) is 3.63. The highest BCUT2D eigenvalue weighted by molar-refractivity contribution is 5.16. The van der Waals surface area contributed by atoms with E-state index < -0.39 is 0 Å². The summed E-state index contributed by atoms with van der Waals surface area (Å²) < 4.78 is 8.20. The fourth-order valence-electron chi connectivity index (χ4n) is 3.29. The second-order valence-electron chi connectivity index (χ2n) is 6.03. The first-order valence-electron chi connectivity index (χ1n) is 7.62. The van der Waals surface area contributed by atoms with Gasteiger partial charge in [-0.05, 0) is 45.6 Å². The number of aromatic nitrogens is 2. The normalized spacial score (nSPS) is 25.5. The van der Waals surface area contributed by atoms with Crippen LogP contribution in [-0.4, -0.2) is 28.5 Å². The Bertz CT molecular complexity index is 437. The molecule has 106 valence electrons. The minimum Gasteiger partial charge on any atom is -0.375 e. The van der Waals surface area contributed by atoms with Gasteiger partial charge < -0.3 is 10.1 Å². The second kappa shape index (κ2) is 5.25. The molecule has 3 rings (SSSR count). The number of hydrogen-bond acceptors (Lipinski definition) is 3. The fraction of sp³-hybridized carbons (Fsp3) is 0.800. The molecule has 19 heavy (non-hydrogen) atoms. The largest absolute Gasteiger partial charge is 0.375 e. The van der Waals surface area contributed by atoms with Crippen molar-refractivity contribution in [1.29, 1.82) is 0 Å². The Morgan fingerprint density at radius 3 is 3.05 bits per heavy atom. The standard InChI is InChI=1S/C15H25N3O/c1-3-16-10-13-11-18(17-12(13)2)14-5-8-19-15(9-14)6-4-7-15/h11,14,16H,3-10H2,1-2H3. The molecule has 1 unspecified atom stereocenters. The molecule has 4 heteroatoms. The zero-order valence-electron chi connectivity index (χ0n) is 12.1. The van der Waals surface area contributed by atoms with Crippen molar-refractivity contribution in [2.75, 3.05) is 13.2 Å². The van der Waals surface area contributed by atoms with Gasteiger partial charge in [0.15, 0.2) is 0 Å². The maximum atomic E-state index is 6.00. The minimum atomic E-state index is 0.199. The van der Waals surface area contributed by atoms with Gasteiger partial charge in [0.05, 0.1) is 17.3 Å². The lowest BCUT2D eigenvalue weighted by Crippen LogP contribution is -2.46. The maximum absolute atomic E-state index is 6.00. The first-order valence-corrected chi connectivity index (χ1v) is 7.62. The molecule has 1 aromatic rings. The third-order valence-electron chi connectivity index (χ3n) is 4.69. The van der Waals surface area contributed by atoms with Gasteiger partial charge in [0.2, 0.25) is 0 Å². The molecule has 2 aliphatic rings. The molecule has 2 fully saturated rings. The van der Waals surface area contributed by atoms with Gasteiger partial charge in [-0.3, -0.25) is 4.68 Å². The zero-order chi connectivity index (χ0) is 13.3. The van der Waals surface area contributed by atoms with E-state index in [1.165, 1.54) is 24.8 Å². The van der Waals surface area contributed by atoms with Crippen molar-refractivity contribution in [1.82, 2.24) is 15.1 Å². The molecule has 0 bridgehead atoms. The van der Waals surface area contributed by atoms with Crippen LogP contribution in [0.4, 0.5) is 0 Å². The van der Waals surface area contributed by atoms with Crippen molar-refractivity contribution in [2.24, 2.45) is 0 Å². The summed E-state index contributed by atoms with van der Waals surface area (Å²) in [5.41, 5.74) is 2.69. The van der Waals surface area contributed by atoms with Gasteiger partial charge in [0.25, 0.3) is 0 Å². The monoisotopic (exact) mass is 263 g/mol. The first-order chi connectivity index (χ1) is 9.22. The summed E-state index contributed by atoms with van der Waals surface area (Å²) in [6.07, 6.45) is 8.30. The zero-order valence-corrected chi connectivity index (χ0v) is 12.1. The Morgan fingerprint density at radius 2 is 2.37 bits per heavy atom. The molecule has 1 atom stereocenters. The molecule has 2 heterocycles. The Hall–Kier alpha value is -0.870. The van der Waals surface area contributed by atoms with E-state index >= 15 is 0 Å². The molecule has 0 aromatic carbocycles. The summed E-state index contributed by atoms with van der Waals surface area (Å²) in [7, 11) is 0. The molecule has 1 N–H and O–H groups in total. The van der Waals surface area contributed by atoms with Crippen LogP contribution in [0.25, 0.3) is 0 Å². The van der Waals surface area contributed by atoms with Crippen LogP contribution in [0.3, 0.4) is 0 Å². The van der Waals surface area contributed by atoms with Gasteiger partial charge in [-0.1, -0.05) is 6.92 Å². The highest BCUT2D eigenvalue weighted by atomic mass is 16.5. The predicted octanol–water partition coefficient (Wildman–Crippen LogP) is 2.58. The van der Waals surface area contributed by atoms with Crippen LogP contribution < -0.4 is 5.32 Å². The van der Waals surface area contributed by atoms with E-state index in [0.717, 1.165) is 38.2 Å². The summed E-state index contributed by atoms with van der Waals surface area (Å²) in [5, 5.41) is 8.11. The van der Waals surface area contributed by atoms with E-state index in [1.807, 2.05) is 0 Å². The molecule has 1 aliphatic heterocycles. The van der Waals surface area contributed by atoms with Crippen molar-refractivity contribution in [3.63, 3.8) is 0 Å². The van der Waals surface area contributed by atoms with Crippen LogP contribution in [0.5, 0.6) is 0 Å². The van der Waals surface area contributed by atoms with Gasteiger partial charge in [0.1, 0.15) is 0 Å². The number of hydrogen-bond donors (Lipinski definition) is 1. The van der Waals surface area contributed by atoms with Crippen molar-refractivity contribution in [3.8, 4) is 0 Å². The van der Waals surface area contributed by atoms with E-state index in [2.05, 4.69) is 30.0 Å². The highest BCUT2D eigenvalue weighted by Crippen LogP contribution is 2.45.